The fourth-order valence-corrected chi connectivity index (χ4v) is 3.20. The molecule has 0 saturated heterocycles. The summed E-state index contributed by atoms with van der Waals surface area (Å²) in [7, 11) is 0. The largest absolute Gasteiger partial charge is 0.346 e. The molecule has 1 aliphatic carbocycles. The third-order valence-corrected chi connectivity index (χ3v) is 4.11. The first-order valence-electron chi connectivity index (χ1n) is 7.11. The first kappa shape index (κ1) is 12.7. The Morgan fingerprint density at radius 3 is 3.00 bits per heavy atom. The van der Waals surface area contributed by atoms with Crippen LogP contribution in [0.15, 0.2) is 6.07 Å². The Hall–Kier alpha value is -0.760. The van der Waals surface area contributed by atoms with Gasteiger partial charge in [-0.2, -0.15) is 0 Å². The van der Waals surface area contributed by atoms with Gasteiger partial charge in [0.1, 0.15) is 0 Å². The van der Waals surface area contributed by atoms with Crippen LogP contribution >= 0.6 is 0 Å². The van der Waals surface area contributed by atoms with Crippen molar-refractivity contribution in [2.75, 3.05) is 0 Å². The van der Waals surface area contributed by atoms with Crippen LogP contribution in [0.2, 0.25) is 0 Å². The van der Waals surface area contributed by atoms with Gasteiger partial charge in [0.25, 0.3) is 0 Å². The number of nitrogens with two attached hydrogens (primary N) is 1. The van der Waals surface area contributed by atoms with Gasteiger partial charge in [-0.1, -0.05) is 19.8 Å². The Bertz CT molecular complexity index is 379. The van der Waals surface area contributed by atoms with Crippen molar-refractivity contribution in [3.8, 4) is 0 Å². The van der Waals surface area contributed by atoms with Gasteiger partial charge in [-0.15, -0.1) is 0 Å². The van der Waals surface area contributed by atoms with E-state index in [-0.39, 0.29) is 6.04 Å². The summed E-state index contributed by atoms with van der Waals surface area (Å²) in [5, 5.41) is 0. The summed E-state index contributed by atoms with van der Waals surface area (Å²) in [4.78, 5) is 0. The van der Waals surface area contributed by atoms with Crippen molar-refractivity contribution in [2.24, 2.45) is 5.73 Å². The van der Waals surface area contributed by atoms with E-state index in [4.69, 9.17) is 5.73 Å². The SMILES string of the molecule is CCCCC(C)n1c(C)cc2c1CCCC2N. The maximum absolute atomic E-state index is 6.22. The molecule has 2 heteroatoms. The van der Waals surface area contributed by atoms with Crippen LogP contribution in [0.3, 0.4) is 0 Å². The van der Waals surface area contributed by atoms with E-state index >= 15 is 0 Å². The first-order chi connectivity index (χ1) is 8.15. The zero-order valence-corrected chi connectivity index (χ0v) is 11.5. The van der Waals surface area contributed by atoms with Gasteiger partial charge in [-0.05, 0) is 51.2 Å². The fraction of sp³-hybridized carbons (Fsp3) is 0.733. The van der Waals surface area contributed by atoms with Crippen LogP contribution in [-0.4, -0.2) is 4.57 Å². The molecule has 0 amide bonds. The summed E-state index contributed by atoms with van der Waals surface area (Å²) in [6.07, 6.45) is 7.50. The number of fused-ring (bicyclic) bond motifs is 1. The molecule has 0 saturated carbocycles. The van der Waals surface area contributed by atoms with E-state index in [9.17, 15) is 0 Å². The quantitative estimate of drug-likeness (QED) is 0.842. The Morgan fingerprint density at radius 2 is 2.29 bits per heavy atom. The van der Waals surface area contributed by atoms with Gasteiger partial charge in [0, 0.05) is 23.5 Å². The topological polar surface area (TPSA) is 30.9 Å². The summed E-state index contributed by atoms with van der Waals surface area (Å²) >= 11 is 0. The Labute approximate surface area is 105 Å². The number of nitrogens with zero attached hydrogens (tertiary/aromatic N) is 1. The molecule has 0 fully saturated rings. The molecule has 0 aromatic carbocycles. The van der Waals surface area contributed by atoms with Gasteiger partial charge in [0.15, 0.2) is 0 Å². The van der Waals surface area contributed by atoms with Gasteiger partial charge in [-0.25, -0.2) is 0 Å². The molecule has 0 radical (unpaired) electrons. The molecule has 2 N–H and O–H groups in total. The van der Waals surface area contributed by atoms with Crippen molar-refractivity contribution in [3.05, 3.63) is 23.0 Å². The highest BCUT2D eigenvalue weighted by Gasteiger charge is 2.23. The number of unbranched alkanes of at least 4 members (excludes halogenated alkanes) is 1. The molecule has 1 aliphatic rings. The minimum Gasteiger partial charge on any atom is -0.346 e. The van der Waals surface area contributed by atoms with Gasteiger partial charge < -0.3 is 10.3 Å². The van der Waals surface area contributed by atoms with Crippen LogP contribution in [0, 0.1) is 6.92 Å². The van der Waals surface area contributed by atoms with E-state index in [2.05, 4.69) is 31.4 Å². The number of rotatable bonds is 4. The van der Waals surface area contributed by atoms with E-state index in [1.165, 1.54) is 49.1 Å². The highest BCUT2D eigenvalue weighted by atomic mass is 15.0. The van der Waals surface area contributed by atoms with Gasteiger partial charge in [-0.3, -0.25) is 0 Å². The monoisotopic (exact) mass is 234 g/mol. The average molecular weight is 234 g/mol. The summed E-state index contributed by atoms with van der Waals surface area (Å²) in [5.41, 5.74) is 10.5. The second-order valence-electron chi connectivity index (χ2n) is 5.55. The maximum atomic E-state index is 6.22. The molecular weight excluding hydrogens is 208 g/mol. The summed E-state index contributed by atoms with van der Waals surface area (Å²) in [5.74, 6) is 0. The van der Waals surface area contributed by atoms with Crippen LogP contribution in [0.5, 0.6) is 0 Å². The van der Waals surface area contributed by atoms with Crippen LogP contribution in [0.25, 0.3) is 0 Å². The Morgan fingerprint density at radius 1 is 1.53 bits per heavy atom. The first-order valence-corrected chi connectivity index (χ1v) is 7.11. The maximum Gasteiger partial charge on any atom is 0.0313 e. The summed E-state index contributed by atoms with van der Waals surface area (Å²) < 4.78 is 2.55. The van der Waals surface area contributed by atoms with Crippen molar-refractivity contribution >= 4 is 0 Å². The number of aryl methyl sites for hydroxylation is 1. The van der Waals surface area contributed by atoms with Gasteiger partial charge in [0.05, 0.1) is 0 Å². The number of hydrogen-bond donors (Lipinski definition) is 1. The average Bonchev–Trinajstić information content (AvgIpc) is 2.64. The van der Waals surface area contributed by atoms with Crippen molar-refractivity contribution in [3.63, 3.8) is 0 Å². The molecule has 2 rings (SSSR count). The van der Waals surface area contributed by atoms with Crippen molar-refractivity contribution in [1.82, 2.24) is 4.57 Å². The van der Waals surface area contributed by atoms with E-state index < -0.39 is 0 Å². The van der Waals surface area contributed by atoms with Gasteiger partial charge in [0.2, 0.25) is 0 Å². The summed E-state index contributed by atoms with van der Waals surface area (Å²) in [6, 6.07) is 3.22. The van der Waals surface area contributed by atoms with Crippen LogP contribution in [-0.2, 0) is 6.42 Å². The van der Waals surface area contributed by atoms with Gasteiger partial charge >= 0.3 is 0 Å². The molecular formula is C15H26N2. The lowest BCUT2D eigenvalue weighted by Crippen LogP contribution is -2.19. The predicted octanol–water partition coefficient (Wildman–Crippen LogP) is 3.88. The van der Waals surface area contributed by atoms with E-state index in [1.807, 2.05) is 0 Å². The molecule has 1 heterocycles. The molecule has 0 spiro atoms. The highest BCUT2D eigenvalue weighted by molar-refractivity contribution is 5.33. The molecule has 2 nitrogen and oxygen atoms in total. The normalized spacial score (nSPS) is 21.3. The molecule has 1 aromatic rings. The van der Waals surface area contributed by atoms with Crippen LogP contribution in [0.1, 0.15) is 75.0 Å². The van der Waals surface area contributed by atoms with Crippen molar-refractivity contribution in [2.45, 2.75) is 71.4 Å². The van der Waals surface area contributed by atoms with E-state index in [1.54, 1.807) is 0 Å². The number of hydrogen-bond acceptors (Lipinski definition) is 1. The van der Waals surface area contributed by atoms with E-state index in [0.717, 1.165) is 6.42 Å². The number of aromatic nitrogens is 1. The smallest absolute Gasteiger partial charge is 0.0313 e. The zero-order valence-electron chi connectivity index (χ0n) is 11.5. The van der Waals surface area contributed by atoms with E-state index in [0.29, 0.717) is 6.04 Å². The minimum absolute atomic E-state index is 0.275. The summed E-state index contributed by atoms with van der Waals surface area (Å²) in [6.45, 7) is 6.84. The predicted molar refractivity (Wildman–Crippen MR) is 73.3 cm³/mol. The minimum atomic E-state index is 0.275. The molecule has 2 unspecified atom stereocenters. The lowest BCUT2D eigenvalue weighted by Gasteiger charge is -2.24. The third kappa shape index (κ3) is 2.42. The standard InChI is InChI=1S/C15H26N2/c1-4-5-7-11(2)17-12(3)10-13-14(16)8-6-9-15(13)17/h10-11,14H,4-9,16H2,1-3H3. The molecule has 2 atom stereocenters. The molecule has 0 bridgehead atoms. The van der Waals surface area contributed by atoms with Crippen LogP contribution < -0.4 is 5.73 Å². The Kier molecular flexibility index (Phi) is 3.93. The second-order valence-corrected chi connectivity index (χ2v) is 5.55. The molecule has 0 aliphatic heterocycles. The third-order valence-electron chi connectivity index (χ3n) is 4.11. The zero-order chi connectivity index (χ0) is 12.4. The lowest BCUT2D eigenvalue weighted by molar-refractivity contribution is 0.449. The second kappa shape index (κ2) is 5.26. The van der Waals surface area contributed by atoms with Crippen molar-refractivity contribution < 1.29 is 0 Å². The highest BCUT2D eigenvalue weighted by Crippen LogP contribution is 2.33. The fourth-order valence-electron chi connectivity index (χ4n) is 3.20. The molecule has 17 heavy (non-hydrogen) atoms. The molecule has 1 aromatic heterocycles. The lowest BCUT2D eigenvalue weighted by atomic mass is 9.93. The van der Waals surface area contributed by atoms with Crippen molar-refractivity contribution in [1.29, 1.82) is 0 Å². The van der Waals surface area contributed by atoms with Crippen LogP contribution in [0.4, 0.5) is 0 Å². The molecule has 96 valence electrons. The Balaban J connectivity index is 2.27.